The van der Waals surface area contributed by atoms with Crippen molar-refractivity contribution in [2.75, 3.05) is 20.3 Å². The van der Waals surface area contributed by atoms with Gasteiger partial charge in [-0.3, -0.25) is 4.79 Å². The van der Waals surface area contributed by atoms with Crippen LogP contribution in [0.1, 0.15) is 103 Å². The largest absolute Gasteiger partial charge is 0.469 e. The number of ether oxygens (including phenoxy) is 5. The Morgan fingerprint density at radius 2 is 1.16 bits per heavy atom. The Hall–Kier alpha value is -0.970. The molecule has 0 amide bonds. The lowest BCUT2D eigenvalue weighted by Gasteiger charge is -2.43. The summed E-state index contributed by atoms with van der Waals surface area (Å²) in [7, 11) is 1.41. The Kier molecular flexibility index (Phi) is 19.4. The SMILES string of the molecule is CCCCCCC(CCCCCCCCCCC(=O)OC)O[C@@H]1O[C@H](CO[C@H]2O[C@H](CO)[C@H](O)[C@H](O)[C@H]2O)[C@@H](O)[C@H](O)[C@H]1O. The molecule has 260 valence electrons. The van der Waals surface area contributed by atoms with Gasteiger partial charge in [0.2, 0.25) is 0 Å². The summed E-state index contributed by atoms with van der Waals surface area (Å²) in [4.78, 5) is 11.2. The molecule has 13 heteroatoms. The number of rotatable bonds is 22. The van der Waals surface area contributed by atoms with Crippen molar-refractivity contribution in [2.45, 2.75) is 171 Å². The molecule has 2 heterocycles. The molecule has 2 fully saturated rings. The van der Waals surface area contributed by atoms with Gasteiger partial charge in [0.15, 0.2) is 12.6 Å². The van der Waals surface area contributed by atoms with Gasteiger partial charge in [-0.15, -0.1) is 0 Å². The second kappa shape index (κ2) is 21.8. The average molecular weight is 639 g/mol. The number of carbonyl (C=O) groups excluding carboxylic acids is 1. The Labute approximate surface area is 261 Å². The third kappa shape index (κ3) is 13.0. The highest BCUT2D eigenvalue weighted by molar-refractivity contribution is 5.68. The normalized spacial score (nSPS) is 33.3. The number of hydrogen-bond donors (Lipinski definition) is 7. The van der Waals surface area contributed by atoms with E-state index in [9.17, 15) is 40.5 Å². The van der Waals surface area contributed by atoms with Gasteiger partial charge in [0.1, 0.15) is 48.8 Å². The van der Waals surface area contributed by atoms with Crippen molar-refractivity contribution in [3.05, 3.63) is 0 Å². The van der Waals surface area contributed by atoms with E-state index in [0.29, 0.717) is 6.42 Å². The summed E-state index contributed by atoms with van der Waals surface area (Å²) in [6.07, 6.45) is -0.172. The van der Waals surface area contributed by atoms with Gasteiger partial charge in [-0.05, 0) is 19.3 Å². The first kappa shape index (κ1) is 39.2. The van der Waals surface area contributed by atoms with Crippen LogP contribution in [0.5, 0.6) is 0 Å². The van der Waals surface area contributed by atoms with E-state index < -0.39 is 74.6 Å². The highest BCUT2D eigenvalue weighted by Crippen LogP contribution is 2.28. The van der Waals surface area contributed by atoms with Crippen LogP contribution in [0.25, 0.3) is 0 Å². The van der Waals surface area contributed by atoms with Crippen LogP contribution >= 0.6 is 0 Å². The molecule has 2 rings (SSSR count). The van der Waals surface area contributed by atoms with E-state index in [0.717, 1.165) is 89.9 Å². The molecule has 13 nitrogen and oxygen atoms in total. The maximum atomic E-state index is 11.2. The first-order valence-electron chi connectivity index (χ1n) is 16.5. The van der Waals surface area contributed by atoms with Gasteiger partial charge < -0.3 is 59.4 Å². The molecular formula is C31H58O13. The molecule has 2 saturated heterocycles. The third-order valence-electron chi connectivity index (χ3n) is 8.53. The summed E-state index contributed by atoms with van der Waals surface area (Å²) in [5.41, 5.74) is 0. The lowest BCUT2D eigenvalue weighted by molar-refractivity contribution is -0.336. The van der Waals surface area contributed by atoms with Gasteiger partial charge in [-0.1, -0.05) is 77.6 Å². The fraction of sp³-hybridized carbons (Fsp3) is 0.968. The predicted molar refractivity (Wildman–Crippen MR) is 158 cm³/mol. The van der Waals surface area contributed by atoms with Crippen LogP contribution in [0, 0.1) is 0 Å². The van der Waals surface area contributed by atoms with E-state index in [1.807, 2.05) is 0 Å². The number of esters is 1. The molecule has 2 aliphatic rings. The molecule has 44 heavy (non-hydrogen) atoms. The van der Waals surface area contributed by atoms with Gasteiger partial charge in [-0.2, -0.15) is 0 Å². The van der Waals surface area contributed by atoms with Gasteiger partial charge in [-0.25, -0.2) is 0 Å². The number of methoxy groups -OCH3 is 1. The maximum absolute atomic E-state index is 11.2. The van der Waals surface area contributed by atoms with Gasteiger partial charge >= 0.3 is 5.97 Å². The Morgan fingerprint density at radius 1 is 0.659 bits per heavy atom. The highest BCUT2D eigenvalue weighted by Gasteiger charge is 2.47. The number of hydrogen-bond acceptors (Lipinski definition) is 13. The second-order valence-electron chi connectivity index (χ2n) is 12.1. The molecule has 2 aliphatic heterocycles. The summed E-state index contributed by atoms with van der Waals surface area (Å²) < 4.78 is 27.6. The van der Waals surface area contributed by atoms with E-state index in [-0.39, 0.29) is 12.1 Å². The van der Waals surface area contributed by atoms with Crippen LogP contribution in [-0.2, 0) is 28.5 Å². The standard InChI is InChI=1S/C31H58O13/c1-3-4-5-12-15-20(16-13-10-8-6-7-9-11-14-17-23(33)40-2)42-31-29(39)27(37)25(35)22(44-31)19-41-30-28(38)26(36)24(34)21(18-32)43-30/h20-22,24-32,34-39H,3-19H2,1-2H3/t20?,21-,22-,24+,25-,26+,27+,28-,29-,30+,31-/m1/s1. The van der Waals surface area contributed by atoms with Gasteiger partial charge in [0, 0.05) is 6.42 Å². The van der Waals surface area contributed by atoms with Crippen LogP contribution in [0.15, 0.2) is 0 Å². The quantitative estimate of drug-likeness (QED) is 0.0655. The van der Waals surface area contributed by atoms with Crippen molar-refractivity contribution in [2.24, 2.45) is 0 Å². The lowest BCUT2D eigenvalue weighted by Crippen LogP contribution is -2.62. The summed E-state index contributed by atoms with van der Waals surface area (Å²) in [6, 6.07) is 0. The summed E-state index contributed by atoms with van der Waals surface area (Å²) in [5.74, 6) is -0.162. The van der Waals surface area contributed by atoms with Crippen molar-refractivity contribution in [3.8, 4) is 0 Å². The fourth-order valence-corrected chi connectivity index (χ4v) is 5.63. The monoisotopic (exact) mass is 638 g/mol. The van der Waals surface area contributed by atoms with Crippen molar-refractivity contribution in [1.29, 1.82) is 0 Å². The van der Waals surface area contributed by atoms with Crippen LogP contribution in [0.3, 0.4) is 0 Å². The first-order chi connectivity index (χ1) is 21.1. The number of aliphatic hydroxyl groups excluding tert-OH is 7. The van der Waals surface area contributed by atoms with Crippen molar-refractivity contribution in [1.82, 2.24) is 0 Å². The summed E-state index contributed by atoms with van der Waals surface area (Å²) in [6.45, 7) is 1.13. The minimum Gasteiger partial charge on any atom is -0.469 e. The number of carbonyl (C=O) groups is 1. The molecular weight excluding hydrogens is 580 g/mol. The smallest absolute Gasteiger partial charge is 0.305 e. The van der Waals surface area contributed by atoms with E-state index >= 15 is 0 Å². The van der Waals surface area contributed by atoms with E-state index in [4.69, 9.17) is 18.9 Å². The van der Waals surface area contributed by atoms with Crippen LogP contribution < -0.4 is 0 Å². The van der Waals surface area contributed by atoms with Crippen LogP contribution in [-0.4, -0.2) is 130 Å². The number of unbranched alkanes of at least 4 members (excludes halogenated alkanes) is 10. The average Bonchev–Trinajstić information content (AvgIpc) is 3.02. The van der Waals surface area contributed by atoms with Crippen molar-refractivity contribution in [3.63, 3.8) is 0 Å². The highest BCUT2D eigenvalue weighted by atomic mass is 16.7. The second-order valence-corrected chi connectivity index (χ2v) is 12.1. The molecule has 11 atom stereocenters. The van der Waals surface area contributed by atoms with E-state index in [2.05, 4.69) is 11.7 Å². The van der Waals surface area contributed by atoms with Crippen LogP contribution in [0.4, 0.5) is 0 Å². The van der Waals surface area contributed by atoms with Crippen molar-refractivity contribution >= 4 is 5.97 Å². The fourth-order valence-electron chi connectivity index (χ4n) is 5.63. The van der Waals surface area contributed by atoms with Gasteiger partial charge in [0.25, 0.3) is 0 Å². The molecule has 0 aromatic carbocycles. The zero-order valence-electron chi connectivity index (χ0n) is 26.5. The van der Waals surface area contributed by atoms with Crippen molar-refractivity contribution < 1.29 is 64.2 Å². The minimum absolute atomic E-state index is 0.162. The molecule has 7 N–H and O–H groups in total. The molecule has 0 bridgehead atoms. The zero-order chi connectivity index (χ0) is 32.5. The number of aliphatic hydroxyl groups is 7. The van der Waals surface area contributed by atoms with Crippen LogP contribution in [0.2, 0.25) is 0 Å². The topological polar surface area (TPSA) is 205 Å². The molecule has 0 aromatic rings. The molecule has 1 unspecified atom stereocenters. The van der Waals surface area contributed by atoms with E-state index in [1.165, 1.54) is 7.11 Å². The molecule has 0 saturated carbocycles. The lowest BCUT2D eigenvalue weighted by atomic mass is 9.98. The summed E-state index contributed by atoms with van der Waals surface area (Å²) in [5, 5.41) is 71.4. The maximum Gasteiger partial charge on any atom is 0.305 e. The molecule has 0 radical (unpaired) electrons. The summed E-state index contributed by atoms with van der Waals surface area (Å²) >= 11 is 0. The predicted octanol–water partition coefficient (Wildman–Crippen LogP) is 1.04. The van der Waals surface area contributed by atoms with E-state index in [1.54, 1.807) is 0 Å². The molecule has 0 spiro atoms. The Bertz CT molecular complexity index is 756. The minimum atomic E-state index is -1.63. The third-order valence-corrected chi connectivity index (χ3v) is 8.53. The first-order valence-corrected chi connectivity index (χ1v) is 16.5. The molecule has 0 aliphatic carbocycles. The molecule has 0 aromatic heterocycles. The zero-order valence-corrected chi connectivity index (χ0v) is 26.5. The Balaban J connectivity index is 1.85. The van der Waals surface area contributed by atoms with Gasteiger partial charge in [0.05, 0.1) is 26.4 Å². The Morgan fingerprint density at radius 3 is 1.73 bits per heavy atom.